The summed E-state index contributed by atoms with van der Waals surface area (Å²) in [7, 11) is 1.49. The minimum absolute atomic E-state index is 0.00129. The number of ether oxygens (including phenoxy) is 1. The van der Waals surface area contributed by atoms with E-state index in [9.17, 15) is 19.6 Å². The molecule has 0 aliphatic heterocycles. The predicted molar refractivity (Wildman–Crippen MR) is 139 cm³/mol. The Morgan fingerprint density at radius 1 is 0.946 bits per heavy atom. The van der Waals surface area contributed by atoms with Crippen molar-refractivity contribution < 1.29 is 19.1 Å². The summed E-state index contributed by atoms with van der Waals surface area (Å²) in [5, 5.41) is 10.2. The first kappa shape index (κ1) is 25.3. The minimum atomic E-state index is -0.895. The topological polar surface area (TPSA) is 84.2 Å². The maximum absolute atomic E-state index is 14.3. The number of fused-ring (bicyclic) bond motifs is 9. The standard InChI is InChI=1S/C32H43NO4/c1-27(2)12-13-31(26(36)37-7)11-8-18-24(19(31)15-27)20(34)14-22-29(18,5)10-9-21-28(3,4)25(35)32(17-33)16-23(32)30(21,22)6/h14,18-19,21,23-24H,8-13,15-16H2,1-7H3/t18?,19?,21-,23+,24?,29-,30-,31+,32-/m0/s1. The molecular formula is C32H43NO4. The van der Waals surface area contributed by atoms with Crippen molar-refractivity contribution in [3.8, 4) is 6.07 Å². The minimum Gasteiger partial charge on any atom is -0.469 e. The average molecular weight is 506 g/mol. The van der Waals surface area contributed by atoms with E-state index in [-0.39, 0.29) is 63.4 Å². The van der Waals surface area contributed by atoms with E-state index in [4.69, 9.17) is 4.74 Å². The Kier molecular flexibility index (Phi) is 4.90. The number of hydrogen-bond acceptors (Lipinski definition) is 5. The number of rotatable bonds is 1. The molecule has 5 saturated carbocycles. The van der Waals surface area contributed by atoms with Crippen molar-refractivity contribution in [2.24, 2.45) is 62.1 Å². The van der Waals surface area contributed by atoms with Crippen LogP contribution in [0, 0.1) is 73.4 Å². The van der Waals surface area contributed by atoms with Crippen LogP contribution in [0.2, 0.25) is 0 Å². The van der Waals surface area contributed by atoms with Crippen molar-refractivity contribution >= 4 is 17.5 Å². The first-order chi connectivity index (χ1) is 17.2. The lowest BCUT2D eigenvalue weighted by Crippen LogP contribution is -2.63. The van der Waals surface area contributed by atoms with Gasteiger partial charge in [-0.15, -0.1) is 0 Å². The Hall–Kier alpha value is -1.96. The molecule has 9 atom stereocenters. The lowest BCUT2D eigenvalue weighted by atomic mass is 9.37. The van der Waals surface area contributed by atoms with Crippen molar-refractivity contribution in [1.29, 1.82) is 5.26 Å². The first-order valence-corrected chi connectivity index (χ1v) is 14.5. The van der Waals surface area contributed by atoms with E-state index in [1.165, 1.54) is 12.7 Å². The predicted octanol–water partition coefficient (Wildman–Crippen LogP) is 6.07. The molecule has 0 aromatic rings. The van der Waals surface area contributed by atoms with E-state index in [2.05, 4.69) is 33.8 Å². The van der Waals surface area contributed by atoms with Crippen LogP contribution in [0.15, 0.2) is 11.6 Å². The van der Waals surface area contributed by atoms with Crippen molar-refractivity contribution in [3.63, 3.8) is 0 Å². The second kappa shape index (κ2) is 7.16. The highest BCUT2D eigenvalue weighted by Gasteiger charge is 2.79. The third-order valence-electron chi connectivity index (χ3n) is 13.1. The monoisotopic (exact) mass is 505 g/mol. The molecule has 0 amide bonds. The molecule has 200 valence electrons. The third-order valence-corrected chi connectivity index (χ3v) is 13.1. The smallest absolute Gasteiger partial charge is 0.312 e. The number of ketones is 2. The molecule has 6 rings (SSSR count). The van der Waals surface area contributed by atoms with Gasteiger partial charge in [-0.2, -0.15) is 5.26 Å². The highest BCUT2D eigenvalue weighted by atomic mass is 16.5. The summed E-state index contributed by atoms with van der Waals surface area (Å²) in [6.07, 6.45) is 8.77. The summed E-state index contributed by atoms with van der Waals surface area (Å²) in [4.78, 5) is 41.2. The molecular weight excluding hydrogens is 462 g/mol. The lowest BCUT2D eigenvalue weighted by Gasteiger charge is -2.65. The number of hydrogen-bond donors (Lipinski definition) is 0. The van der Waals surface area contributed by atoms with Crippen molar-refractivity contribution in [2.75, 3.05) is 7.11 Å². The van der Waals surface area contributed by atoms with Gasteiger partial charge in [0.05, 0.1) is 18.6 Å². The zero-order chi connectivity index (χ0) is 27.0. The molecule has 3 unspecified atom stereocenters. The molecule has 0 saturated heterocycles. The molecule has 0 bridgehead atoms. The van der Waals surface area contributed by atoms with E-state index in [1.807, 2.05) is 19.9 Å². The molecule has 5 nitrogen and oxygen atoms in total. The zero-order valence-corrected chi connectivity index (χ0v) is 23.7. The summed E-state index contributed by atoms with van der Waals surface area (Å²) in [5.74, 6) is 0.313. The second-order valence-electron chi connectivity index (χ2n) is 15.4. The fourth-order valence-corrected chi connectivity index (χ4v) is 11.3. The number of allylic oxidation sites excluding steroid dienone is 2. The number of methoxy groups -OCH3 is 1. The molecule has 0 heterocycles. The summed E-state index contributed by atoms with van der Waals surface area (Å²) >= 11 is 0. The van der Waals surface area contributed by atoms with Gasteiger partial charge in [-0.3, -0.25) is 14.4 Å². The average Bonchev–Trinajstić information content (AvgIpc) is 3.60. The van der Waals surface area contributed by atoms with Crippen LogP contribution in [0.4, 0.5) is 0 Å². The van der Waals surface area contributed by atoms with Crippen molar-refractivity contribution in [2.45, 2.75) is 92.9 Å². The van der Waals surface area contributed by atoms with Crippen LogP contribution >= 0.6 is 0 Å². The Balaban J connectivity index is 1.48. The zero-order valence-electron chi connectivity index (χ0n) is 23.7. The van der Waals surface area contributed by atoms with Gasteiger partial charge >= 0.3 is 5.97 Å². The van der Waals surface area contributed by atoms with Gasteiger partial charge in [-0.05, 0) is 97.4 Å². The van der Waals surface area contributed by atoms with Crippen LogP contribution in [0.5, 0.6) is 0 Å². The molecule has 5 fully saturated rings. The Morgan fingerprint density at radius 2 is 1.65 bits per heavy atom. The van der Waals surface area contributed by atoms with E-state index in [0.29, 0.717) is 6.42 Å². The van der Waals surface area contributed by atoms with E-state index in [1.54, 1.807) is 0 Å². The number of carbonyl (C=O) groups excluding carboxylic acids is 3. The van der Waals surface area contributed by atoms with Gasteiger partial charge in [0.1, 0.15) is 5.41 Å². The second-order valence-corrected chi connectivity index (χ2v) is 15.4. The maximum atomic E-state index is 14.3. The van der Waals surface area contributed by atoms with Gasteiger partial charge in [0.2, 0.25) is 0 Å². The van der Waals surface area contributed by atoms with Crippen molar-refractivity contribution in [1.82, 2.24) is 0 Å². The van der Waals surface area contributed by atoms with Gasteiger partial charge in [0.15, 0.2) is 11.6 Å². The van der Waals surface area contributed by atoms with Crippen LogP contribution in [0.25, 0.3) is 0 Å². The Bertz CT molecular complexity index is 1190. The molecule has 37 heavy (non-hydrogen) atoms. The molecule has 0 N–H and O–H groups in total. The maximum Gasteiger partial charge on any atom is 0.312 e. The quantitative estimate of drug-likeness (QED) is 0.404. The third kappa shape index (κ3) is 2.78. The molecule has 0 spiro atoms. The molecule has 6 aliphatic rings. The van der Waals surface area contributed by atoms with Crippen molar-refractivity contribution in [3.05, 3.63) is 11.6 Å². The SMILES string of the molecule is COC(=O)[C@@]12CCC3C(C(=O)C=C4[C@@]5(C)[C@H]6C[C@@]6(C#N)C(=O)C(C)(C)[C@@H]5CC[C@]43C)C1CC(C)(C)CC2. The van der Waals surface area contributed by atoms with Gasteiger partial charge < -0.3 is 4.74 Å². The number of Topliss-reactive ketones (excluding diaryl/α,β-unsaturated/α-hetero) is 1. The van der Waals surface area contributed by atoms with Crippen LogP contribution in [0.3, 0.4) is 0 Å². The summed E-state index contributed by atoms with van der Waals surface area (Å²) in [6.45, 7) is 13.3. The van der Waals surface area contributed by atoms with Crippen LogP contribution < -0.4 is 0 Å². The summed E-state index contributed by atoms with van der Waals surface area (Å²) in [6, 6.07) is 2.45. The van der Waals surface area contributed by atoms with Gasteiger partial charge in [-0.1, -0.05) is 47.1 Å². The first-order valence-electron chi connectivity index (χ1n) is 14.5. The fourth-order valence-electron chi connectivity index (χ4n) is 11.3. The number of esters is 1. The number of nitriles is 1. The Labute approximate surface area is 221 Å². The highest BCUT2D eigenvalue weighted by Crippen LogP contribution is 2.79. The number of nitrogens with zero attached hydrogens (tertiary/aromatic N) is 1. The van der Waals surface area contributed by atoms with Crippen LogP contribution in [-0.2, 0) is 19.1 Å². The molecule has 5 heteroatoms. The van der Waals surface area contributed by atoms with E-state index >= 15 is 0 Å². The van der Waals surface area contributed by atoms with Crippen LogP contribution in [-0.4, -0.2) is 24.6 Å². The molecule has 0 radical (unpaired) electrons. The summed E-state index contributed by atoms with van der Waals surface area (Å²) < 4.78 is 5.40. The summed E-state index contributed by atoms with van der Waals surface area (Å²) in [5.41, 5.74) is -1.22. The lowest BCUT2D eigenvalue weighted by molar-refractivity contribution is -0.179. The fraction of sp³-hybridized carbons (Fsp3) is 0.812. The largest absolute Gasteiger partial charge is 0.469 e. The van der Waals surface area contributed by atoms with E-state index < -0.39 is 16.2 Å². The molecule has 0 aromatic heterocycles. The molecule has 6 aliphatic carbocycles. The van der Waals surface area contributed by atoms with Gasteiger partial charge in [0, 0.05) is 11.3 Å². The molecule has 0 aromatic carbocycles. The normalized spacial score (nSPS) is 50.6. The van der Waals surface area contributed by atoms with Gasteiger partial charge in [0.25, 0.3) is 0 Å². The highest BCUT2D eigenvalue weighted by molar-refractivity contribution is 5.99. The van der Waals surface area contributed by atoms with Gasteiger partial charge in [-0.25, -0.2) is 0 Å². The van der Waals surface area contributed by atoms with E-state index in [0.717, 1.165) is 44.9 Å². The Morgan fingerprint density at radius 3 is 2.30 bits per heavy atom. The number of carbonyl (C=O) groups is 3. The van der Waals surface area contributed by atoms with Crippen LogP contribution in [0.1, 0.15) is 92.9 Å².